The van der Waals surface area contributed by atoms with Crippen LogP contribution in [-0.2, 0) is 0 Å². The minimum Gasteiger partial charge on any atom is -0.264 e. The van der Waals surface area contributed by atoms with Crippen molar-refractivity contribution in [1.29, 1.82) is 0 Å². The zero-order valence-electron chi connectivity index (χ0n) is 11.3. The number of hydrogen-bond donors (Lipinski definition) is 0. The summed E-state index contributed by atoms with van der Waals surface area (Å²) in [7, 11) is 0. The van der Waals surface area contributed by atoms with Crippen molar-refractivity contribution in [2.45, 2.75) is 26.8 Å². The van der Waals surface area contributed by atoms with Crippen LogP contribution in [0.5, 0.6) is 0 Å². The van der Waals surface area contributed by atoms with Gasteiger partial charge in [0.05, 0.1) is 5.69 Å². The molecule has 1 atom stereocenters. The van der Waals surface area contributed by atoms with Crippen LogP contribution in [0.3, 0.4) is 0 Å². The molecule has 0 aliphatic heterocycles. The van der Waals surface area contributed by atoms with Crippen molar-refractivity contribution in [2.75, 3.05) is 6.54 Å². The van der Waals surface area contributed by atoms with Crippen molar-refractivity contribution >= 4 is 0 Å². The maximum atomic E-state index is 10.9. The summed E-state index contributed by atoms with van der Waals surface area (Å²) in [5, 5.41) is 15.3. The molecule has 5 nitrogen and oxygen atoms in total. The molecule has 19 heavy (non-hydrogen) atoms. The van der Waals surface area contributed by atoms with Gasteiger partial charge in [-0.05, 0) is 32.4 Å². The van der Waals surface area contributed by atoms with E-state index in [2.05, 4.69) is 5.10 Å². The quantitative estimate of drug-likeness (QED) is 0.626. The summed E-state index contributed by atoms with van der Waals surface area (Å²) < 4.78 is 1.74. The maximum Gasteiger partial charge on any atom is 0.230 e. The highest BCUT2D eigenvalue weighted by molar-refractivity contribution is 5.25. The van der Waals surface area contributed by atoms with Gasteiger partial charge in [-0.2, -0.15) is 5.10 Å². The molecule has 0 saturated carbocycles. The fourth-order valence-electron chi connectivity index (χ4n) is 2.22. The standard InChI is InChI=1S/C14H17N3O2/c1-10-4-6-13(7-5-10)14(9-16(18)19)17-12(3)8-11(2)15-17/h4-8,14H,9H2,1-3H3/t14-/m1/s1. The smallest absolute Gasteiger partial charge is 0.230 e. The Morgan fingerprint density at radius 2 is 1.89 bits per heavy atom. The maximum absolute atomic E-state index is 10.9. The minimum atomic E-state index is -0.357. The van der Waals surface area contributed by atoms with Crippen LogP contribution in [0.4, 0.5) is 0 Å². The Hall–Kier alpha value is -2.17. The summed E-state index contributed by atoms with van der Waals surface area (Å²) in [5.41, 5.74) is 3.85. The number of nitrogens with zero attached hydrogens (tertiary/aromatic N) is 3. The van der Waals surface area contributed by atoms with Gasteiger partial charge in [-0.3, -0.25) is 14.8 Å². The molecule has 0 spiro atoms. The summed E-state index contributed by atoms with van der Waals surface area (Å²) in [4.78, 5) is 10.6. The summed E-state index contributed by atoms with van der Waals surface area (Å²) in [6, 6.07) is 9.37. The van der Waals surface area contributed by atoms with E-state index in [0.717, 1.165) is 22.5 Å². The Morgan fingerprint density at radius 3 is 2.37 bits per heavy atom. The molecule has 1 aromatic carbocycles. The van der Waals surface area contributed by atoms with Gasteiger partial charge in [0, 0.05) is 10.6 Å². The molecule has 0 saturated heterocycles. The molecular formula is C14H17N3O2. The number of rotatable bonds is 4. The van der Waals surface area contributed by atoms with E-state index in [9.17, 15) is 10.1 Å². The van der Waals surface area contributed by atoms with Crippen molar-refractivity contribution in [2.24, 2.45) is 0 Å². The second-order valence-corrected chi connectivity index (χ2v) is 4.81. The number of nitro groups is 1. The molecule has 0 unspecified atom stereocenters. The second kappa shape index (κ2) is 5.22. The third-order valence-corrected chi connectivity index (χ3v) is 3.12. The van der Waals surface area contributed by atoms with Crippen LogP contribution < -0.4 is 0 Å². The van der Waals surface area contributed by atoms with Crippen molar-refractivity contribution in [1.82, 2.24) is 9.78 Å². The molecule has 0 aliphatic rings. The van der Waals surface area contributed by atoms with Gasteiger partial charge in [0.15, 0.2) is 0 Å². The number of hydrogen-bond acceptors (Lipinski definition) is 3. The highest BCUT2D eigenvalue weighted by Gasteiger charge is 2.22. The normalized spacial score (nSPS) is 12.4. The van der Waals surface area contributed by atoms with Gasteiger partial charge in [0.2, 0.25) is 6.54 Å². The zero-order valence-corrected chi connectivity index (χ0v) is 11.3. The lowest BCUT2D eigenvalue weighted by Crippen LogP contribution is -2.22. The highest BCUT2D eigenvalue weighted by Crippen LogP contribution is 2.21. The molecule has 0 radical (unpaired) electrons. The van der Waals surface area contributed by atoms with E-state index >= 15 is 0 Å². The summed E-state index contributed by atoms with van der Waals surface area (Å²) in [5.74, 6) is 0. The Kier molecular flexibility index (Phi) is 3.64. The van der Waals surface area contributed by atoms with E-state index in [1.165, 1.54) is 0 Å². The predicted octanol–water partition coefficient (Wildman–Crippen LogP) is 2.67. The van der Waals surface area contributed by atoms with Gasteiger partial charge in [-0.25, -0.2) is 0 Å². The molecule has 0 N–H and O–H groups in total. The van der Waals surface area contributed by atoms with Crippen LogP contribution in [0.1, 0.15) is 28.6 Å². The van der Waals surface area contributed by atoms with E-state index in [0.29, 0.717) is 0 Å². The van der Waals surface area contributed by atoms with E-state index in [4.69, 9.17) is 0 Å². The molecule has 2 aromatic rings. The van der Waals surface area contributed by atoms with Crippen LogP contribution in [0.2, 0.25) is 0 Å². The molecule has 0 fully saturated rings. The lowest BCUT2D eigenvalue weighted by molar-refractivity contribution is -0.484. The van der Waals surface area contributed by atoms with Gasteiger partial charge in [0.1, 0.15) is 6.04 Å². The third-order valence-electron chi connectivity index (χ3n) is 3.12. The first-order chi connectivity index (χ1) is 8.97. The summed E-state index contributed by atoms with van der Waals surface area (Å²) in [6.45, 7) is 5.64. The van der Waals surface area contributed by atoms with Crippen LogP contribution in [0.25, 0.3) is 0 Å². The minimum absolute atomic E-state index is 0.162. The Balaban J connectivity index is 2.43. The van der Waals surface area contributed by atoms with Crippen LogP contribution in [0.15, 0.2) is 30.3 Å². The number of benzene rings is 1. The van der Waals surface area contributed by atoms with Crippen LogP contribution >= 0.6 is 0 Å². The van der Waals surface area contributed by atoms with Gasteiger partial charge >= 0.3 is 0 Å². The Morgan fingerprint density at radius 1 is 1.26 bits per heavy atom. The van der Waals surface area contributed by atoms with Crippen molar-refractivity contribution < 1.29 is 4.92 Å². The molecule has 0 aliphatic carbocycles. The molecule has 100 valence electrons. The average molecular weight is 259 g/mol. The lowest BCUT2D eigenvalue weighted by atomic mass is 10.1. The third kappa shape index (κ3) is 2.99. The van der Waals surface area contributed by atoms with E-state index in [1.54, 1.807) is 4.68 Å². The largest absolute Gasteiger partial charge is 0.264 e. The summed E-state index contributed by atoms with van der Waals surface area (Å²) in [6.07, 6.45) is 0. The molecular weight excluding hydrogens is 242 g/mol. The van der Waals surface area contributed by atoms with Gasteiger partial charge < -0.3 is 0 Å². The highest BCUT2D eigenvalue weighted by atomic mass is 16.6. The second-order valence-electron chi connectivity index (χ2n) is 4.81. The first-order valence-corrected chi connectivity index (χ1v) is 6.18. The predicted molar refractivity (Wildman–Crippen MR) is 72.9 cm³/mol. The first kappa shape index (κ1) is 13.3. The van der Waals surface area contributed by atoms with Crippen molar-refractivity contribution in [3.63, 3.8) is 0 Å². The Bertz CT molecular complexity index is 587. The Labute approximate surface area is 112 Å². The fourth-order valence-corrected chi connectivity index (χ4v) is 2.22. The molecule has 5 heteroatoms. The fraction of sp³-hybridized carbons (Fsp3) is 0.357. The number of aryl methyl sites for hydroxylation is 3. The van der Waals surface area contributed by atoms with Gasteiger partial charge in [-0.1, -0.05) is 29.8 Å². The molecule has 0 bridgehead atoms. The number of aromatic nitrogens is 2. The molecule has 1 aromatic heterocycles. The monoisotopic (exact) mass is 259 g/mol. The molecule has 1 heterocycles. The van der Waals surface area contributed by atoms with Crippen LogP contribution in [0, 0.1) is 30.9 Å². The van der Waals surface area contributed by atoms with E-state index in [1.807, 2.05) is 51.1 Å². The lowest BCUT2D eigenvalue weighted by Gasteiger charge is -2.16. The molecule has 2 rings (SSSR count). The van der Waals surface area contributed by atoms with Gasteiger partial charge in [0.25, 0.3) is 0 Å². The van der Waals surface area contributed by atoms with Crippen molar-refractivity contribution in [3.05, 3.63) is 63.0 Å². The zero-order chi connectivity index (χ0) is 14.0. The van der Waals surface area contributed by atoms with E-state index < -0.39 is 0 Å². The molecule has 0 amide bonds. The summed E-state index contributed by atoms with van der Waals surface area (Å²) >= 11 is 0. The van der Waals surface area contributed by atoms with E-state index in [-0.39, 0.29) is 17.5 Å². The topological polar surface area (TPSA) is 61.0 Å². The van der Waals surface area contributed by atoms with Crippen molar-refractivity contribution in [3.8, 4) is 0 Å². The SMILES string of the molecule is Cc1ccc([C@@H](C[N+](=O)[O-])n2nc(C)cc2C)cc1. The average Bonchev–Trinajstić information content (AvgIpc) is 2.66. The van der Waals surface area contributed by atoms with Crippen LogP contribution in [-0.4, -0.2) is 21.2 Å². The van der Waals surface area contributed by atoms with Gasteiger partial charge in [-0.15, -0.1) is 0 Å². The first-order valence-electron chi connectivity index (χ1n) is 6.18.